The Labute approximate surface area is 116 Å². The van der Waals surface area contributed by atoms with Crippen LogP contribution in [0.4, 0.5) is 0 Å². The highest BCUT2D eigenvalue weighted by Crippen LogP contribution is 2.24. The lowest BCUT2D eigenvalue weighted by atomic mass is 9.85. The second-order valence-electron chi connectivity index (χ2n) is 5.92. The minimum atomic E-state index is 0.544. The Bertz CT molecular complexity index is 285. The summed E-state index contributed by atoms with van der Waals surface area (Å²) in [6.07, 6.45) is 4.06. The molecule has 0 aromatic carbocycles. The van der Waals surface area contributed by atoms with Gasteiger partial charge in [-0.05, 0) is 24.7 Å². The summed E-state index contributed by atoms with van der Waals surface area (Å²) in [4.78, 5) is 6.89. The summed E-state index contributed by atoms with van der Waals surface area (Å²) in [6, 6.07) is 0. The number of nitrogens with zero attached hydrogens (tertiary/aromatic N) is 2. The van der Waals surface area contributed by atoms with Crippen molar-refractivity contribution in [3.05, 3.63) is 0 Å². The first-order chi connectivity index (χ1) is 9.24. The fourth-order valence-electron chi connectivity index (χ4n) is 2.54. The molecule has 19 heavy (non-hydrogen) atoms. The average Bonchev–Trinajstić information content (AvgIpc) is 2.36. The Morgan fingerprint density at radius 3 is 2.79 bits per heavy atom. The third-order valence-electron chi connectivity index (χ3n) is 4.04. The van der Waals surface area contributed by atoms with Gasteiger partial charge in [0.15, 0.2) is 5.96 Å². The molecule has 1 heterocycles. The quantitative estimate of drug-likeness (QED) is 0.549. The van der Waals surface area contributed by atoms with Crippen LogP contribution in [0.1, 0.15) is 26.2 Å². The number of morpholine rings is 1. The number of aliphatic imine (C=N–C) groups is 1. The Morgan fingerprint density at radius 1 is 1.42 bits per heavy atom. The predicted molar refractivity (Wildman–Crippen MR) is 78.3 cm³/mol. The van der Waals surface area contributed by atoms with Crippen LogP contribution in [0.15, 0.2) is 4.99 Å². The van der Waals surface area contributed by atoms with E-state index in [1.807, 2.05) is 0 Å². The zero-order chi connectivity index (χ0) is 13.5. The Morgan fingerprint density at radius 2 is 2.16 bits per heavy atom. The van der Waals surface area contributed by atoms with Crippen LogP contribution in [0.3, 0.4) is 0 Å². The first-order valence-electron chi connectivity index (χ1n) is 7.58. The minimum absolute atomic E-state index is 0.544. The predicted octanol–water partition coefficient (Wildman–Crippen LogP) is 0.659. The van der Waals surface area contributed by atoms with Crippen molar-refractivity contribution in [3.63, 3.8) is 0 Å². The second-order valence-corrected chi connectivity index (χ2v) is 5.92. The average molecular weight is 268 g/mol. The van der Waals surface area contributed by atoms with Crippen LogP contribution in [0.2, 0.25) is 0 Å². The van der Waals surface area contributed by atoms with Gasteiger partial charge in [-0.25, -0.2) is 0 Å². The molecule has 2 fully saturated rings. The topological polar surface area (TPSA) is 62.9 Å². The van der Waals surface area contributed by atoms with E-state index in [0.717, 1.165) is 51.9 Å². The van der Waals surface area contributed by atoms with Crippen molar-refractivity contribution in [2.75, 3.05) is 45.9 Å². The lowest BCUT2D eigenvalue weighted by molar-refractivity contribution is 0.0323. The molecule has 2 aliphatic rings. The van der Waals surface area contributed by atoms with Crippen LogP contribution in [0.25, 0.3) is 0 Å². The number of ether oxygens (including phenoxy) is 1. The maximum absolute atomic E-state index is 5.89. The second kappa shape index (κ2) is 7.70. The highest BCUT2D eigenvalue weighted by Gasteiger charge is 2.17. The molecule has 0 aromatic heterocycles. The number of rotatable bonds is 6. The molecule has 0 bridgehead atoms. The molecule has 110 valence electrons. The minimum Gasteiger partial charge on any atom is -0.379 e. The van der Waals surface area contributed by atoms with Gasteiger partial charge in [0.25, 0.3) is 0 Å². The van der Waals surface area contributed by atoms with E-state index in [1.54, 1.807) is 0 Å². The van der Waals surface area contributed by atoms with E-state index in [4.69, 9.17) is 10.5 Å². The number of guanidine groups is 1. The zero-order valence-corrected chi connectivity index (χ0v) is 12.1. The number of nitrogens with one attached hydrogen (secondary N) is 1. The molecule has 0 aromatic rings. The van der Waals surface area contributed by atoms with Crippen LogP contribution in [-0.2, 0) is 4.74 Å². The SMILES string of the molecule is CC(CN=C(N)NCC1CCC1)CN1CCOCC1. The van der Waals surface area contributed by atoms with Crippen molar-refractivity contribution in [1.29, 1.82) is 0 Å². The third kappa shape index (κ3) is 5.37. The normalized spacial score (nSPS) is 23.9. The lowest BCUT2D eigenvalue weighted by Crippen LogP contribution is -2.40. The van der Waals surface area contributed by atoms with E-state index < -0.39 is 0 Å². The molecule has 1 aliphatic heterocycles. The van der Waals surface area contributed by atoms with Gasteiger partial charge >= 0.3 is 0 Å². The smallest absolute Gasteiger partial charge is 0.188 e. The van der Waals surface area contributed by atoms with Crippen molar-refractivity contribution in [2.45, 2.75) is 26.2 Å². The van der Waals surface area contributed by atoms with Crippen molar-refractivity contribution in [2.24, 2.45) is 22.6 Å². The van der Waals surface area contributed by atoms with Gasteiger partial charge < -0.3 is 15.8 Å². The van der Waals surface area contributed by atoms with Gasteiger partial charge in [0.1, 0.15) is 0 Å². The van der Waals surface area contributed by atoms with Crippen molar-refractivity contribution in [3.8, 4) is 0 Å². The lowest BCUT2D eigenvalue weighted by Gasteiger charge is -2.28. The van der Waals surface area contributed by atoms with Gasteiger partial charge in [0.05, 0.1) is 13.2 Å². The van der Waals surface area contributed by atoms with Crippen LogP contribution in [0.5, 0.6) is 0 Å². The van der Waals surface area contributed by atoms with Crippen LogP contribution in [-0.4, -0.2) is 56.8 Å². The molecule has 1 saturated heterocycles. The van der Waals surface area contributed by atoms with Crippen LogP contribution < -0.4 is 11.1 Å². The maximum atomic E-state index is 5.89. The standard InChI is InChI=1S/C14H28N4O/c1-12(11-18-5-7-19-8-6-18)9-16-14(15)17-10-13-3-2-4-13/h12-13H,2-11H2,1H3,(H3,15,16,17). The molecule has 1 atom stereocenters. The molecule has 2 rings (SSSR count). The molecule has 5 heteroatoms. The molecule has 0 amide bonds. The molecule has 0 radical (unpaired) electrons. The van der Waals surface area contributed by atoms with Crippen LogP contribution >= 0.6 is 0 Å². The summed E-state index contributed by atoms with van der Waals surface area (Å²) in [7, 11) is 0. The summed E-state index contributed by atoms with van der Waals surface area (Å²) in [5, 5.41) is 3.24. The molecule has 1 aliphatic carbocycles. The van der Waals surface area contributed by atoms with Gasteiger partial charge in [0, 0.05) is 32.7 Å². The zero-order valence-electron chi connectivity index (χ0n) is 12.1. The van der Waals surface area contributed by atoms with E-state index in [1.165, 1.54) is 19.3 Å². The van der Waals surface area contributed by atoms with Crippen molar-refractivity contribution in [1.82, 2.24) is 10.2 Å². The molecule has 5 nitrogen and oxygen atoms in total. The van der Waals surface area contributed by atoms with E-state index in [0.29, 0.717) is 11.9 Å². The highest BCUT2D eigenvalue weighted by atomic mass is 16.5. The van der Waals surface area contributed by atoms with Gasteiger partial charge in [0.2, 0.25) is 0 Å². The van der Waals surface area contributed by atoms with Crippen molar-refractivity contribution < 1.29 is 4.74 Å². The van der Waals surface area contributed by atoms with E-state index in [9.17, 15) is 0 Å². The first-order valence-corrected chi connectivity index (χ1v) is 7.58. The molecule has 1 unspecified atom stereocenters. The monoisotopic (exact) mass is 268 g/mol. The third-order valence-corrected chi connectivity index (χ3v) is 4.04. The largest absolute Gasteiger partial charge is 0.379 e. The highest BCUT2D eigenvalue weighted by molar-refractivity contribution is 5.77. The van der Waals surface area contributed by atoms with Gasteiger partial charge in [-0.3, -0.25) is 9.89 Å². The molecular weight excluding hydrogens is 240 g/mol. The maximum Gasteiger partial charge on any atom is 0.188 e. The van der Waals surface area contributed by atoms with E-state index in [2.05, 4.69) is 22.1 Å². The summed E-state index contributed by atoms with van der Waals surface area (Å²) in [6.45, 7) is 8.93. The van der Waals surface area contributed by atoms with E-state index >= 15 is 0 Å². The van der Waals surface area contributed by atoms with Gasteiger partial charge in [-0.2, -0.15) is 0 Å². The first kappa shape index (κ1) is 14.6. The van der Waals surface area contributed by atoms with Crippen LogP contribution in [0, 0.1) is 11.8 Å². The van der Waals surface area contributed by atoms with Gasteiger partial charge in [-0.1, -0.05) is 13.3 Å². The molecular formula is C14H28N4O. The Hall–Kier alpha value is -0.810. The number of nitrogens with two attached hydrogens (primary N) is 1. The van der Waals surface area contributed by atoms with Crippen molar-refractivity contribution >= 4 is 5.96 Å². The molecule has 3 N–H and O–H groups in total. The number of hydrogen-bond donors (Lipinski definition) is 2. The summed E-state index contributed by atoms with van der Waals surface area (Å²) >= 11 is 0. The molecule has 1 saturated carbocycles. The summed E-state index contributed by atoms with van der Waals surface area (Å²) < 4.78 is 5.35. The summed E-state index contributed by atoms with van der Waals surface area (Å²) in [5.74, 6) is 1.97. The van der Waals surface area contributed by atoms with Gasteiger partial charge in [-0.15, -0.1) is 0 Å². The number of hydrogen-bond acceptors (Lipinski definition) is 3. The Kier molecular flexibility index (Phi) is 5.92. The summed E-state index contributed by atoms with van der Waals surface area (Å²) in [5.41, 5.74) is 5.89. The Balaban J connectivity index is 1.58. The fourth-order valence-corrected chi connectivity index (χ4v) is 2.54. The van der Waals surface area contributed by atoms with E-state index in [-0.39, 0.29) is 0 Å². The fraction of sp³-hybridized carbons (Fsp3) is 0.929. The molecule has 0 spiro atoms.